The van der Waals surface area contributed by atoms with E-state index in [4.69, 9.17) is 79.1 Å². The number of hydrogen-bond donors (Lipinski definition) is 0. The number of alkyl halides is 2. The van der Waals surface area contributed by atoms with Crippen LogP contribution in [0.5, 0.6) is 0 Å². The van der Waals surface area contributed by atoms with Crippen LogP contribution < -0.4 is 0 Å². The van der Waals surface area contributed by atoms with Crippen LogP contribution in [0.25, 0.3) is 0 Å². The van der Waals surface area contributed by atoms with Crippen molar-refractivity contribution in [3.05, 3.63) is 103 Å². The zero-order chi connectivity index (χ0) is 24.8. The van der Waals surface area contributed by atoms with Crippen molar-refractivity contribution in [1.82, 2.24) is 0 Å². The Bertz CT molecular complexity index is 1110. The van der Waals surface area contributed by atoms with E-state index in [2.05, 4.69) is 0 Å². The van der Waals surface area contributed by atoms with Crippen molar-refractivity contribution in [3.63, 3.8) is 0 Å². The van der Waals surface area contributed by atoms with Gasteiger partial charge in [-0.15, -0.1) is 23.2 Å². The summed E-state index contributed by atoms with van der Waals surface area (Å²) in [6, 6.07) is 15.6. The Balaban J connectivity index is 1.83. The summed E-state index contributed by atoms with van der Waals surface area (Å²) >= 11 is 36.4. The van der Waals surface area contributed by atoms with Crippen molar-refractivity contribution in [1.29, 1.82) is 0 Å². The number of esters is 2. The van der Waals surface area contributed by atoms with E-state index < -0.39 is 24.1 Å². The van der Waals surface area contributed by atoms with Gasteiger partial charge in [0, 0.05) is 31.2 Å². The quantitative estimate of drug-likeness (QED) is 0.198. The molecule has 0 heterocycles. The highest BCUT2D eigenvalue weighted by molar-refractivity contribution is 6.35. The molecule has 178 valence electrons. The number of carbonyl (C=O) groups excluding carboxylic acids is 2. The van der Waals surface area contributed by atoms with E-state index in [1.807, 2.05) is 0 Å². The second-order valence-electron chi connectivity index (χ2n) is 6.97. The number of rotatable bonds is 8. The molecule has 0 N–H and O–H groups in total. The molecule has 0 aliphatic carbocycles. The van der Waals surface area contributed by atoms with Gasteiger partial charge in [-0.3, -0.25) is 0 Å². The van der Waals surface area contributed by atoms with E-state index in [9.17, 15) is 9.59 Å². The minimum Gasteiger partial charge on any atom is -0.453 e. The lowest BCUT2D eigenvalue weighted by molar-refractivity contribution is 0.0296. The maximum absolute atomic E-state index is 13.0. The minimum atomic E-state index is -0.869. The summed E-state index contributed by atoms with van der Waals surface area (Å²) in [7, 11) is 0. The zero-order valence-corrected chi connectivity index (χ0v) is 21.8. The monoisotopic (exact) mass is 578 g/mol. The van der Waals surface area contributed by atoms with Gasteiger partial charge in [-0.05, 0) is 36.4 Å². The fourth-order valence-corrected chi connectivity index (χ4v) is 4.62. The number of carbonyl (C=O) groups is 2. The lowest BCUT2D eigenvalue weighted by atomic mass is 10.1. The minimum absolute atomic E-state index is 0.0109. The molecule has 0 bridgehead atoms. The maximum Gasteiger partial charge on any atom is 0.339 e. The molecule has 4 nitrogen and oxygen atoms in total. The van der Waals surface area contributed by atoms with Crippen molar-refractivity contribution in [2.45, 2.75) is 12.2 Å². The fourth-order valence-electron chi connectivity index (χ4n) is 3.11. The lowest BCUT2D eigenvalue weighted by Crippen LogP contribution is -2.19. The maximum atomic E-state index is 13.0. The molecule has 34 heavy (non-hydrogen) atoms. The Hall–Kier alpha value is -1.66. The molecule has 0 aliphatic rings. The molecular weight excluding hydrogens is 565 g/mol. The Kier molecular flexibility index (Phi) is 9.78. The Morgan fingerprint density at radius 2 is 1.03 bits per heavy atom. The third-order valence-corrected chi connectivity index (χ3v) is 6.45. The van der Waals surface area contributed by atoms with Gasteiger partial charge in [0.2, 0.25) is 0 Å². The lowest BCUT2D eigenvalue weighted by Gasteiger charge is -2.20. The highest BCUT2D eigenvalue weighted by Crippen LogP contribution is 2.32. The van der Waals surface area contributed by atoms with Crippen LogP contribution in [0.1, 0.15) is 44.1 Å². The van der Waals surface area contributed by atoms with Crippen LogP contribution in [0.4, 0.5) is 0 Å². The number of hydrogen-bond acceptors (Lipinski definition) is 4. The topological polar surface area (TPSA) is 52.6 Å². The van der Waals surface area contributed by atoms with E-state index >= 15 is 0 Å². The van der Waals surface area contributed by atoms with E-state index in [-0.39, 0.29) is 22.9 Å². The van der Waals surface area contributed by atoms with Crippen molar-refractivity contribution in [3.8, 4) is 0 Å². The molecule has 2 atom stereocenters. The molecule has 0 unspecified atom stereocenters. The van der Waals surface area contributed by atoms with Gasteiger partial charge in [0.05, 0.1) is 22.9 Å². The van der Waals surface area contributed by atoms with Gasteiger partial charge in [0.1, 0.15) is 12.2 Å². The number of ether oxygens (including phenoxy) is 2. The highest BCUT2D eigenvalue weighted by Gasteiger charge is 2.26. The molecule has 3 rings (SSSR count). The molecule has 0 aliphatic heterocycles. The third kappa shape index (κ3) is 6.51. The van der Waals surface area contributed by atoms with E-state index in [1.165, 1.54) is 24.3 Å². The van der Waals surface area contributed by atoms with Crippen LogP contribution in [0, 0.1) is 0 Å². The van der Waals surface area contributed by atoms with Crippen molar-refractivity contribution >= 4 is 81.5 Å². The Morgan fingerprint density at radius 3 is 1.35 bits per heavy atom. The van der Waals surface area contributed by atoms with Gasteiger partial charge >= 0.3 is 11.9 Å². The predicted molar refractivity (Wildman–Crippen MR) is 137 cm³/mol. The summed E-state index contributed by atoms with van der Waals surface area (Å²) in [6.45, 7) is 0. The number of benzene rings is 3. The average Bonchev–Trinajstić information content (AvgIpc) is 2.81. The van der Waals surface area contributed by atoms with Crippen LogP contribution in [0.15, 0.2) is 60.7 Å². The predicted octanol–water partition coefficient (Wildman–Crippen LogP) is 8.57. The highest BCUT2D eigenvalue weighted by atomic mass is 35.5. The van der Waals surface area contributed by atoms with Crippen LogP contribution in [-0.4, -0.2) is 23.7 Å². The molecule has 3 aromatic carbocycles. The smallest absolute Gasteiger partial charge is 0.339 e. The normalized spacial score (nSPS) is 12.6. The Labute approximate surface area is 226 Å². The first-order chi connectivity index (χ1) is 16.2. The SMILES string of the molecule is O=C(O[C@H](CCl)c1ccc(Cl)cc1Cl)c1ccccc1C(=O)O[C@H](CCl)c1ccc(Cl)cc1Cl. The van der Waals surface area contributed by atoms with Crippen LogP contribution in [-0.2, 0) is 9.47 Å². The molecule has 0 spiro atoms. The largest absolute Gasteiger partial charge is 0.453 e. The summed E-state index contributed by atoms with van der Waals surface area (Å²) in [5, 5.41) is 1.44. The Morgan fingerprint density at radius 1 is 0.647 bits per heavy atom. The van der Waals surface area contributed by atoms with Crippen LogP contribution >= 0.6 is 69.6 Å². The first-order valence-electron chi connectivity index (χ1n) is 9.78. The zero-order valence-electron chi connectivity index (χ0n) is 17.2. The molecule has 0 radical (unpaired) electrons. The molecule has 10 heteroatoms. The van der Waals surface area contributed by atoms with Gasteiger partial charge in [-0.25, -0.2) is 9.59 Å². The summed E-state index contributed by atoms with van der Waals surface area (Å²) in [4.78, 5) is 26.0. The fraction of sp³-hybridized carbons (Fsp3) is 0.167. The molecule has 0 aromatic heterocycles. The van der Waals surface area contributed by atoms with Gasteiger partial charge in [0.25, 0.3) is 0 Å². The second kappa shape index (κ2) is 12.3. The van der Waals surface area contributed by atoms with Gasteiger partial charge in [0.15, 0.2) is 0 Å². The molecule has 0 saturated carbocycles. The van der Waals surface area contributed by atoms with Gasteiger partial charge in [-0.1, -0.05) is 70.7 Å². The third-order valence-electron chi connectivity index (χ3n) is 4.76. The molecule has 0 amide bonds. The van der Waals surface area contributed by atoms with Crippen molar-refractivity contribution in [2.24, 2.45) is 0 Å². The second-order valence-corrected chi connectivity index (χ2v) is 9.28. The number of halogens is 6. The first-order valence-corrected chi connectivity index (χ1v) is 12.4. The van der Waals surface area contributed by atoms with Crippen molar-refractivity contribution < 1.29 is 19.1 Å². The molecule has 3 aromatic rings. The van der Waals surface area contributed by atoms with E-state index in [1.54, 1.807) is 36.4 Å². The summed E-state index contributed by atoms with van der Waals surface area (Å²) < 4.78 is 11.1. The first kappa shape index (κ1) is 26.9. The van der Waals surface area contributed by atoms with Gasteiger partial charge in [-0.2, -0.15) is 0 Å². The summed E-state index contributed by atoms with van der Waals surface area (Å²) in [5.41, 5.74) is 0.939. The molecule has 0 saturated heterocycles. The van der Waals surface area contributed by atoms with Gasteiger partial charge < -0.3 is 9.47 Å². The molecular formula is C24H16Cl6O4. The summed E-state index contributed by atoms with van der Waals surface area (Å²) in [5.74, 6) is -1.70. The van der Waals surface area contributed by atoms with E-state index in [0.717, 1.165) is 0 Å². The standard InChI is InChI=1S/C24H16Cl6O4/c25-11-21(17-7-5-13(27)9-19(17)29)33-23(31)15-3-1-2-4-16(15)24(32)34-22(12-26)18-8-6-14(28)10-20(18)30/h1-10,21-22H,11-12H2/t21-,22-/m1/s1. The van der Waals surface area contributed by atoms with E-state index in [0.29, 0.717) is 31.2 Å². The van der Waals surface area contributed by atoms with Crippen LogP contribution in [0.2, 0.25) is 20.1 Å². The van der Waals surface area contributed by atoms with Crippen LogP contribution in [0.3, 0.4) is 0 Å². The summed E-state index contributed by atoms with van der Waals surface area (Å²) in [6.07, 6.45) is -1.74. The molecule has 0 fully saturated rings. The van der Waals surface area contributed by atoms with Crippen molar-refractivity contribution in [2.75, 3.05) is 11.8 Å². The average molecular weight is 581 g/mol.